The van der Waals surface area contributed by atoms with Gasteiger partial charge in [-0.25, -0.2) is 4.98 Å². The lowest BCUT2D eigenvalue weighted by Crippen LogP contribution is -2.32. The van der Waals surface area contributed by atoms with Crippen molar-refractivity contribution in [1.29, 1.82) is 0 Å². The summed E-state index contributed by atoms with van der Waals surface area (Å²) in [6.45, 7) is 8.85. The van der Waals surface area contributed by atoms with Gasteiger partial charge in [0.25, 0.3) is 0 Å². The molecule has 1 N–H and O–H groups in total. The molecule has 0 bridgehead atoms. The van der Waals surface area contributed by atoms with Crippen LogP contribution in [0.2, 0.25) is 0 Å². The predicted octanol–water partition coefficient (Wildman–Crippen LogP) is 2.40. The fourth-order valence-corrected chi connectivity index (χ4v) is 2.50. The van der Waals surface area contributed by atoms with E-state index in [1.54, 1.807) is 11.3 Å². The van der Waals surface area contributed by atoms with E-state index in [2.05, 4.69) is 22.6 Å². The zero-order chi connectivity index (χ0) is 11.8. The Bertz CT molecular complexity index is 288. The molecule has 0 aromatic carbocycles. The van der Waals surface area contributed by atoms with Crippen molar-refractivity contribution < 1.29 is 4.74 Å². The number of hydrogen-bond donors (Lipinski definition) is 1. The molecule has 92 valence electrons. The van der Waals surface area contributed by atoms with Crippen molar-refractivity contribution in [2.45, 2.75) is 39.7 Å². The van der Waals surface area contributed by atoms with Gasteiger partial charge in [0, 0.05) is 36.8 Å². The van der Waals surface area contributed by atoms with Crippen LogP contribution in [0.3, 0.4) is 0 Å². The van der Waals surface area contributed by atoms with Crippen LogP contribution >= 0.6 is 11.3 Å². The molecule has 1 unspecified atom stereocenters. The quantitative estimate of drug-likeness (QED) is 0.711. The van der Waals surface area contributed by atoms with Gasteiger partial charge in [0.1, 0.15) is 0 Å². The van der Waals surface area contributed by atoms with E-state index in [9.17, 15) is 0 Å². The molecular formula is C12H22N2OS. The highest BCUT2D eigenvalue weighted by molar-refractivity contribution is 7.09. The van der Waals surface area contributed by atoms with Crippen LogP contribution in [0.25, 0.3) is 0 Å². The maximum atomic E-state index is 5.40. The molecule has 0 fully saturated rings. The second-order valence-corrected chi connectivity index (χ2v) is 4.77. The minimum atomic E-state index is 0.488. The van der Waals surface area contributed by atoms with Crippen LogP contribution in [0.15, 0.2) is 5.38 Å². The van der Waals surface area contributed by atoms with E-state index in [-0.39, 0.29) is 0 Å². The first-order valence-corrected chi connectivity index (χ1v) is 6.86. The maximum absolute atomic E-state index is 5.40. The van der Waals surface area contributed by atoms with Gasteiger partial charge in [-0.05, 0) is 26.8 Å². The highest BCUT2D eigenvalue weighted by Crippen LogP contribution is 2.12. The van der Waals surface area contributed by atoms with Crippen molar-refractivity contribution in [3.05, 3.63) is 16.1 Å². The van der Waals surface area contributed by atoms with Crippen LogP contribution in [0, 0.1) is 6.92 Å². The lowest BCUT2D eigenvalue weighted by Gasteiger charge is -2.16. The van der Waals surface area contributed by atoms with Gasteiger partial charge < -0.3 is 10.1 Å². The molecule has 0 radical (unpaired) electrons. The highest BCUT2D eigenvalue weighted by atomic mass is 32.1. The first kappa shape index (κ1) is 13.6. The predicted molar refractivity (Wildman–Crippen MR) is 69.1 cm³/mol. The van der Waals surface area contributed by atoms with E-state index in [1.807, 2.05) is 13.8 Å². The molecule has 0 aliphatic rings. The lowest BCUT2D eigenvalue weighted by atomic mass is 10.1. The van der Waals surface area contributed by atoms with Crippen molar-refractivity contribution in [3.63, 3.8) is 0 Å². The van der Waals surface area contributed by atoms with Crippen LogP contribution in [-0.4, -0.2) is 30.8 Å². The van der Waals surface area contributed by atoms with E-state index in [0.717, 1.165) is 38.3 Å². The molecule has 1 aromatic rings. The molecule has 1 atom stereocenters. The number of ether oxygens (including phenoxy) is 1. The minimum Gasteiger partial charge on any atom is -0.382 e. The third kappa shape index (κ3) is 5.05. The summed E-state index contributed by atoms with van der Waals surface area (Å²) < 4.78 is 5.40. The van der Waals surface area contributed by atoms with Crippen LogP contribution in [0.4, 0.5) is 0 Å². The lowest BCUT2D eigenvalue weighted by molar-refractivity contribution is 0.136. The van der Waals surface area contributed by atoms with Crippen LogP contribution in [0.1, 0.15) is 31.0 Å². The van der Waals surface area contributed by atoms with E-state index in [1.165, 1.54) is 5.01 Å². The number of nitrogens with one attached hydrogen (secondary N) is 1. The van der Waals surface area contributed by atoms with Crippen molar-refractivity contribution in [2.24, 2.45) is 0 Å². The molecule has 16 heavy (non-hydrogen) atoms. The average molecular weight is 242 g/mol. The number of nitrogens with zero attached hydrogens (tertiary/aromatic N) is 1. The number of hydrogen-bond acceptors (Lipinski definition) is 4. The molecule has 1 rings (SSSR count). The van der Waals surface area contributed by atoms with Crippen LogP contribution in [-0.2, 0) is 11.2 Å². The van der Waals surface area contributed by atoms with Gasteiger partial charge >= 0.3 is 0 Å². The van der Waals surface area contributed by atoms with Crippen LogP contribution in [0.5, 0.6) is 0 Å². The molecule has 0 saturated carbocycles. The van der Waals surface area contributed by atoms with Gasteiger partial charge in [-0.15, -0.1) is 11.3 Å². The van der Waals surface area contributed by atoms with Crippen molar-refractivity contribution in [2.75, 3.05) is 19.8 Å². The normalized spacial score (nSPS) is 12.9. The molecule has 0 amide bonds. The van der Waals surface area contributed by atoms with Gasteiger partial charge in [0.05, 0.1) is 5.01 Å². The van der Waals surface area contributed by atoms with Crippen molar-refractivity contribution >= 4 is 11.3 Å². The van der Waals surface area contributed by atoms with Gasteiger partial charge in [-0.2, -0.15) is 0 Å². The minimum absolute atomic E-state index is 0.488. The van der Waals surface area contributed by atoms with E-state index >= 15 is 0 Å². The van der Waals surface area contributed by atoms with E-state index < -0.39 is 0 Å². The number of aryl methyl sites for hydroxylation is 1. The number of likely N-dealkylation sites (N-methyl/N-ethyl adjacent to an activating group) is 1. The topological polar surface area (TPSA) is 34.1 Å². The Balaban J connectivity index is 2.37. The molecule has 0 saturated heterocycles. The van der Waals surface area contributed by atoms with Crippen molar-refractivity contribution in [1.82, 2.24) is 10.3 Å². The summed E-state index contributed by atoms with van der Waals surface area (Å²) in [7, 11) is 0. The molecule has 4 heteroatoms. The number of thiazole rings is 1. The first-order chi connectivity index (χ1) is 7.76. The zero-order valence-corrected chi connectivity index (χ0v) is 11.3. The number of rotatable bonds is 8. The summed E-state index contributed by atoms with van der Waals surface area (Å²) in [5.41, 5.74) is 1.13. The Morgan fingerprint density at radius 1 is 1.50 bits per heavy atom. The van der Waals surface area contributed by atoms with Gasteiger partial charge in [0.15, 0.2) is 0 Å². The summed E-state index contributed by atoms with van der Waals surface area (Å²) in [5.74, 6) is 0. The van der Waals surface area contributed by atoms with Crippen LogP contribution < -0.4 is 5.32 Å². The molecule has 1 heterocycles. The molecular weight excluding hydrogens is 220 g/mol. The van der Waals surface area contributed by atoms with Crippen molar-refractivity contribution in [3.8, 4) is 0 Å². The second kappa shape index (κ2) is 7.76. The van der Waals surface area contributed by atoms with E-state index in [0.29, 0.717) is 6.04 Å². The molecule has 0 spiro atoms. The fourth-order valence-electron chi connectivity index (χ4n) is 1.64. The SMILES string of the molecule is CCNC(CCOCC)Cc1nc(C)cs1. The van der Waals surface area contributed by atoms with Gasteiger partial charge in [-0.3, -0.25) is 0 Å². The third-order valence-corrected chi connectivity index (χ3v) is 3.38. The van der Waals surface area contributed by atoms with Gasteiger partial charge in [0.2, 0.25) is 0 Å². The summed E-state index contributed by atoms with van der Waals surface area (Å²) in [6.07, 6.45) is 2.07. The van der Waals surface area contributed by atoms with Gasteiger partial charge in [-0.1, -0.05) is 6.92 Å². The molecule has 3 nitrogen and oxygen atoms in total. The summed E-state index contributed by atoms with van der Waals surface area (Å²) >= 11 is 1.75. The highest BCUT2D eigenvalue weighted by Gasteiger charge is 2.10. The summed E-state index contributed by atoms with van der Waals surface area (Å²) in [5, 5.41) is 6.82. The molecule has 0 aliphatic carbocycles. The Hall–Kier alpha value is -0.450. The largest absolute Gasteiger partial charge is 0.382 e. The summed E-state index contributed by atoms with van der Waals surface area (Å²) in [4.78, 5) is 4.50. The smallest absolute Gasteiger partial charge is 0.0943 e. The molecule has 1 aromatic heterocycles. The average Bonchev–Trinajstić information content (AvgIpc) is 2.65. The Morgan fingerprint density at radius 2 is 2.31 bits per heavy atom. The Kier molecular flexibility index (Phi) is 6.61. The fraction of sp³-hybridized carbons (Fsp3) is 0.750. The Morgan fingerprint density at radius 3 is 2.88 bits per heavy atom. The second-order valence-electron chi connectivity index (χ2n) is 3.83. The molecule has 0 aliphatic heterocycles. The third-order valence-electron chi connectivity index (χ3n) is 2.40. The number of aromatic nitrogens is 1. The maximum Gasteiger partial charge on any atom is 0.0943 e. The first-order valence-electron chi connectivity index (χ1n) is 5.98. The Labute approximate surface area is 102 Å². The summed E-state index contributed by atoms with van der Waals surface area (Å²) in [6, 6.07) is 0.488. The zero-order valence-electron chi connectivity index (χ0n) is 10.5. The van der Waals surface area contributed by atoms with E-state index in [4.69, 9.17) is 4.74 Å². The standard InChI is InChI=1S/C12H22N2OS/c1-4-13-11(6-7-15-5-2)8-12-14-10(3)9-16-12/h9,11,13H,4-8H2,1-3H3. The monoisotopic (exact) mass is 242 g/mol.